The molecule has 0 unspecified atom stereocenters. The Labute approximate surface area is 153 Å². The molecule has 1 aromatic carbocycles. The van der Waals surface area contributed by atoms with Crippen molar-refractivity contribution in [2.75, 3.05) is 13.1 Å². The van der Waals surface area contributed by atoms with Crippen LogP contribution in [0.25, 0.3) is 10.9 Å². The van der Waals surface area contributed by atoms with Gasteiger partial charge in [-0.15, -0.1) is 0 Å². The van der Waals surface area contributed by atoms with Gasteiger partial charge in [0.25, 0.3) is 5.91 Å². The highest BCUT2D eigenvalue weighted by Gasteiger charge is 2.29. The Kier molecular flexibility index (Phi) is 5.00. The van der Waals surface area contributed by atoms with Crippen LogP contribution in [0.4, 0.5) is 4.39 Å². The van der Waals surface area contributed by atoms with Gasteiger partial charge in [-0.2, -0.15) is 0 Å². The summed E-state index contributed by atoms with van der Waals surface area (Å²) >= 11 is 5.86. The fourth-order valence-electron chi connectivity index (χ4n) is 3.01. The molecule has 1 saturated carbocycles. The smallest absolute Gasteiger partial charge is 0.323 e. The maximum Gasteiger partial charge on any atom is 0.323 e. The van der Waals surface area contributed by atoms with Gasteiger partial charge in [-0.3, -0.25) is 14.4 Å². The third-order valence-electron chi connectivity index (χ3n) is 4.35. The van der Waals surface area contributed by atoms with E-state index in [1.54, 1.807) is 4.57 Å². The van der Waals surface area contributed by atoms with Gasteiger partial charge in [0.2, 0.25) is 5.43 Å². The van der Waals surface area contributed by atoms with Crippen LogP contribution >= 0.6 is 11.6 Å². The largest absolute Gasteiger partial charge is 0.480 e. The Morgan fingerprint density at radius 3 is 2.65 bits per heavy atom. The minimum absolute atomic E-state index is 0.0661. The van der Waals surface area contributed by atoms with Crippen LogP contribution in [0.2, 0.25) is 5.02 Å². The van der Waals surface area contributed by atoms with Gasteiger partial charge in [0.05, 0.1) is 10.5 Å². The van der Waals surface area contributed by atoms with Crippen molar-refractivity contribution in [1.82, 2.24) is 9.47 Å². The van der Waals surface area contributed by atoms with Crippen LogP contribution < -0.4 is 5.43 Å². The number of rotatable bonds is 6. The first-order chi connectivity index (χ1) is 12.3. The number of carbonyl (C=O) groups is 2. The van der Waals surface area contributed by atoms with Crippen LogP contribution in [-0.2, 0) is 4.79 Å². The standard InChI is InChI=1S/C18H18ClFN2O4/c1-2-5-21(9-16(23)24)18(26)12-8-22(10-3-4-10)15-7-13(19)14(20)6-11(15)17(12)25/h6-8,10H,2-5,9H2,1H3,(H,23,24). The second-order valence-corrected chi connectivity index (χ2v) is 6.82. The number of hydrogen-bond donors (Lipinski definition) is 1. The minimum atomic E-state index is -1.16. The number of carbonyl (C=O) groups excluding carboxylic acids is 1. The van der Waals surface area contributed by atoms with E-state index in [0.29, 0.717) is 11.9 Å². The van der Waals surface area contributed by atoms with Gasteiger partial charge in [-0.05, 0) is 31.4 Å². The Morgan fingerprint density at radius 1 is 1.38 bits per heavy atom. The molecule has 3 rings (SSSR count). The van der Waals surface area contributed by atoms with Gasteiger partial charge in [-0.1, -0.05) is 18.5 Å². The van der Waals surface area contributed by atoms with Crippen molar-refractivity contribution in [3.05, 3.63) is 45.0 Å². The summed E-state index contributed by atoms with van der Waals surface area (Å²) in [7, 11) is 0. The number of carboxylic acids is 1. The van der Waals surface area contributed by atoms with E-state index >= 15 is 0 Å². The van der Waals surface area contributed by atoms with Crippen LogP contribution in [0, 0.1) is 5.82 Å². The monoisotopic (exact) mass is 380 g/mol. The lowest BCUT2D eigenvalue weighted by Gasteiger charge is -2.21. The second-order valence-electron chi connectivity index (χ2n) is 6.41. The lowest BCUT2D eigenvalue weighted by atomic mass is 10.1. The summed E-state index contributed by atoms with van der Waals surface area (Å²) in [4.78, 5) is 37.8. The van der Waals surface area contributed by atoms with Crippen molar-refractivity contribution in [1.29, 1.82) is 0 Å². The normalized spacial score (nSPS) is 13.8. The summed E-state index contributed by atoms with van der Waals surface area (Å²) in [5.74, 6) is -2.56. The molecule has 26 heavy (non-hydrogen) atoms. The molecule has 1 aliphatic carbocycles. The Morgan fingerprint density at radius 2 is 2.08 bits per heavy atom. The van der Waals surface area contributed by atoms with Crippen LogP contribution in [0.1, 0.15) is 42.6 Å². The zero-order valence-corrected chi connectivity index (χ0v) is 14.9. The Bertz CT molecular complexity index is 952. The Hall–Kier alpha value is -2.41. The summed E-state index contributed by atoms with van der Waals surface area (Å²) in [5, 5.41) is 9.00. The number of benzene rings is 1. The maximum absolute atomic E-state index is 13.9. The molecule has 138 valence electrons. The lowest BCUT2D eigenvalue weighted by Crippen LogP contribution is -2.39. The van der Waals surface area contributed by atoms with E-state index in [4.69, 9.17) is 16.7 Å². The highest BCUT2D eigenvalue weighted by Crippen LogP contribution is 2.37. The number of aliphatic carboxylic acids is 1. The highest BCUT2D eigenvalue weighted by atomic mass is 35.5. The van der Waals surface area contributed by atoms with Crippen molar-refractivity contribution in [2.24, 2.45) is 0 Å². The molecular weight excluding hydrogens is 363 g/mol. The van der Waals surface area contributed by atoms with Gasteiger partial charge in [0, 0.05) is 24.2 Å². The average Bonchev–Trinajstić information content (AvgIpc) is 3.41. The molecule has 1 amide bonds. The quantitative estimate of drug-likeness (QED) is 0.835. The predicted molar refractivity (Wildman–Crippen MR) is 95.3 cm³/mol. The number of pyridine rings is 1. The van der Waals surface area contributed by atoms with E-state index in [9.17, 15) is 18.8 Å². The molecule has 0 radical (unpaired) electrons. The third-order valence-corrected chi connectivity index (χ3v) is 4.64. The number of carboxylic acid groups (broad SMARTS) is 1. The summed E-state index contributed by atoms with van der Waals surface area (Å²) in [6, 6.07) is 2.54. The van der Waals surface area contributed by atoms with Crippen LogP contribution in [-0.4, -0.2) is 39.5 Å². The van der Waals surface area contributed by atoms with Crippen LogP contribution in [0.3, 0.4) is 0 Å². The van der Waals surface area contributed by atoms with Crippen molar-refractivity contribution < 1.29 is 19.1 Å². The number of nitrogens with zero attached hydrogens (tertiary/aromatic N) is 2. The molecule has 0 spiro atoms. The Balaban J connectivity index is 2.18. The molecule has 6 nitrogen and oxygen atoms in total. The first-order valence-corrected chi connectivity index (χ1v) is 8.76. The number of fused-ring (bicyclic) bond motifs is 1. The fourth-order valence-corrected chi connectivity index (χ4v) is 3.17. The molecule has 1 aliphatic rings. The van der Waals surface area contributed by atoms with Crippen LogP contribution in [0.5, 0.6) is 0 Å². The molecule has 0 aliphatic heterocycles. The number of hydrogen-bond acceptors (Lipinski definition) is 3. The van der Waals surface area contributed by atoms with E-state index in [1.165, 1.54) is 12.3 Å². The van der Waals surface area contributed by atoms with E-state index in [-0.39, 0.29) is 28.6 Å². The summed E-state index contributed by atoms with van der Waals surface area (Å²) in [6.07, 6.45) is 3.76. The number of amides is 1. The maximum atomic E-state index is 13.9. The molecule has 1 N–H and O–H groups in total. The zero-order chi connectivity index (χ0) is 19.0. The van der Waals surface area contributed by atoms with Gasteiger partial charge >= 0.3 is 5.97 Å². The minimum Gasteiger partial charge on any atom is -0.480 e. The van der Waals surface area contributed by atoms with Crippen LogP contribution in [0.15, 0.2) is 23.1 Å². The SMILES string of the molecule is CCCN(CC(=O)O)C(=O)c1cn(C2CC2)c2cc(Cl)c(F)cc2c1=O. The number of halogens is 2. The first-order valence-electron chi connectivity index (χ1n) is 8.38. The topological polar surface area (TPSA) is 79.6 Å². The third kappa shape index (κ3) is 3.44. The molecule has 8 heteroatoms. The summed E-state index contributed by atoms with van der Waals surface area (Å²) in [6.45, 7) is 1.52. The molecule has 0 saturated heterocycles. The predicted octanol–water partition coefficient (Wildman–Crippen LogP) is 3.07. The summed E-state index contributed by atoms with van der Waals surface area (Å²) in [5.41, 5.74) is -0.300. The molecule has 2 aromatic rings. The van der Waals surface area contributed by atoms with Gasteiger partial charge in [0.15, 0.2) is 0 Å². The van der Waals surface area contributed by atoms with Crippen molar-refractivity contribution in [2.45, 2.75) is 32.2 Å². The van der Waals surface area contributed by atoms with Gasteiger partial charge < -0.3 is 14.6 Å². The molecule has 0 atom stereocenters. The highest BCUT2D eigenvalue weighted by molar-refractivity contribution is 6.31. The first kappa shape index (κ1) is 18.4. The molecule has 1 heterocycles. The fraction of sp³-hybridized carbons (Fsp3) is 0.389. The molecular formula is C18H18ClFN2O4. The molecule has 1 aromatic heterocycles. The zero-order valence-electron chi connectivity index (χ0n) is 14.2. The van der Waals surface area contributed by atoms with E-state index in [2.05, 4.69) is 0 Å². The van der Waals surface area contributed by atoms with E-state index in [1.807, 2.05) is 6.92 Å². The van der Waals surface area contributed by atoms with E-state index in [0.717, 1.165) is 23.8 Å². The lowest BCUT2D eigenvalue weighted by molar-refractivity contribution is -0.137. The average molecular weight is 381 g/mol. The molecule has 1 fully saturated rings. The van der Waals surface area contributed by atoms with Gasteiger partial charge in [0.1, 0.15) is 17.9 Å². The summed E-state index contributed by atoms with van der Waals surface area (Å²) < 4.78 is 15.7. The molecule has 0 bridgehead atoms. The van der Waals surface area contributed by atoms with Crippen molar-refractivity contribution >= 4 is 34.4 Å². The van der Waals surface area contributed by atoms with E-state index < -0.39 is 29.7 Å². The number of aromatic nitrogens is 1. The second kappa shape index (κ2) is 7.07. The van der Waals surface area contributed by atoms with Crippen molar-refractivity contribution in [3.63, 3.8) is 0 Å². The van der Waals surface area contributed by atoms with Crippen molar-refractivity contribution in [3.8, 4) is 0 Å². The van der Waals surface area contributed by atoms with Gasteiger partial charge in [-0.25, -0.2) is 4.39 Å².